The fourth-order valence-corrected chi connectivity index (χ4v) is 7.05. The Labute approximate surface area is 160 Å². The summed E-state index contributed by atoms with van der Waals surface area (Å²) in [5, 5.41) is 0. The maximum Gasteiger partial charge on any atom is 0.304 e. The third-order valence-corrected chi connectivity index (χ3v) is 8.19. The van der Waals surface area contributed by atoms with Crippen molar-refractivity contribution in [3.63, 3.8) is 0 Å². The van der Waals surface area contributed by atoms with Gasteiger partial charge in [-0.1, -0.05) is 73.5 Å². The standard InChI is InChI=1S/C20H24N5OP/c21-22-23-27(26)24(15-17-9-3-1-4-10-17)19-13-7-8-14-20(19)25(27)16-18-11-5-2-6-12-18/h1-6,9-12,19-20H,7-8,13-16H2/t19-,20-/m1/s1. The fourth-order valence-electron chi connectivity index (χ4n) is 4.44. The molecule has 1 heterocycles. The average molecular weight is 381 g/mol. The van der Waals surface area contributed by atoms with E-state index in [1.165, 1.54) is 0 Å². The molecule has 27 heavy (non-hydrogen) atoms. The van der Waals surface area contributed by atoms with Crippen LogP contribution in [-0.2, 0) is 17.7 Å². The van der Waals surface area contributed by atoms with Crippen LogP contribution in [0.2, 0.25) is 0 Å². The molecule has 2 aliphatic rings. The Morgan fingerprint density at radius 2 is 1.33 bits per heavy atom. The molecule has 2 aromatic rings. The molecule has 1 aliphatic heterocycles. The summed E-state index contributed by atoms with van der Waals surface area (Å²) in [4.78, 5) is 6.93. The molecule has 2 fully saturated rings. The van der Waals surface area contributed by atoms with Crippen molar-refractivity contribution >= 4 is 7.59 Å². The summed E-state index contributed by atoms with van der Waals surface area (Å²) in [7, 11) is -3.35. The summed E-state index contributed by atoms with van der Waals surface area (Å²) in [5.74, 6) is 0. The molecule has 7 heteroatoms. The number of benzene rings is 2. The second-order valence-corrected chi connectivity index (χ2v) is 9.51. The molecule has 0 amide bonds. The second kappa shape index (κ2) is 7.87. The summed E-state index contributed by atoms with van der Waals surface area (Å²) >= 11 is 0. The molecular weight excluding hydrogens is 357 g/mol. The molecular formula is C20H24N5OP. The number of hydrogen-bond acceptors (Lipinski definition) is 1. The third kappa shape index (κ3) is 3.54. The molecule has 1 saturated heterocycles. The Kier molecular flexibility index (Phi) is 5.33. The normalized spacial score (nSPS) is 24.9. The fraction of sp³-hybridized carbons (Fsp3) is 0.400. The highest BCUT2D eigenvalue weighted by molar-refractivity contribution is 7.57. The van der Waals surface area contributed by atoms with Gasteiger partial charge in [-0.25, -0.2) is 9.34 Å². The molecule has 4 rings (SSSR count). The molecule has 140 valence electrons. The van der Waals surface area contributed by atoms with Gasteiger partial charge < -0.3 is 0 Å². The highest BCUT2D eigenvalue weighted by atomic mass is 31.2. The first-order valence-electron chi connectivity index (χ1n) is 9.51. The smallest absolute Gasteiger partial charge is 0.282 e. The van der Waals surface area contributed by atoms with E-state index in [4.69, 9.17) is 0 Å². The molecule has 2 atom stereocenters. The maximum absolute atomic E-state index is 14.1. The maximum atomic E-state index is 14.1. The predicted octanol–water partition coefficient (Wildman–Crippen LogP) is 5.73. The Bertz CT molecular complexity index is 807. The van der Waals surface area contributed by atoms with Crippen molar-refractivity contribution in [2.75, 3.05) is 0 Å². The van der Waals surface area contributed by atoms with Gasteiger partial charge >= 0.3 is 7.59 Å². The Morgan fingerprint density at radius 3 is 1.74 bits per heavy atom. The summed E-state index contributed by atoms with van der Waals surface area (Å²) in [5.41, 5.74) is 11.4. The summed E-state index contributed by atoms with van der Waals surface area (Å²) < 4.78 is 18.1. The zero-order valence-corrected chi connectivity index (χ0v) is 16.2. The van der Waals surface area contributed by atoms with Crippen molar-refractivity contribution in [2.24, 2.45) is 4.88 Å². The SMILES string of the molecule is [N-]=[N+]=NP1(=O)N(Cc2ccccc2)[C@@H]2CCCC[C@H]2N1Cc1ccccc1. The molecule has 0 N–H and O–H groups in total. The third-order valence-electron chi connectivity index (χ3n) is 5.66. The number of rotatable bonds is 5. The molecule has 0 bridgehead atoms. The summed E-state index contributed by atoms with van der Waals surface area (Å²) in [6, 6.07) is 20.4. The second-order valence-electron chi connectivity index (χ2n) is 7.28. The summed E-state index contributed by atoms with van der Waals surface area (Å²) in [6.07, 6.45) is 4.24. The lowest BCUT2D eigenvalue weighted by molar-refractivity contribution is 0.197. The van der Waals surface area contributed by atoms with Gasteiger partial charge in [0.05, 0.1) is 0 Å². The van der Waals surface area contributed by atoms with Gasteiger partial charge in [0.25, 0.3) is 0 Å². The lowest BCUT2D eigenvalue weighted by atomic mass is 9.90. The van der Waals surface area contributed by atoms with Crippen molar-refractivity contribution in [1.29, 1.82) is 0 Å². The topological polar surface area (TPSA) is 72.3 Å². The van der Waals surface area contributed by atoms with Crippen LogP contribution >= 0.6 is 7.59 Å². The van der Waals surface area contributed by atoms with Gasteiger partial charge in [-0.2, -0.15) is 0 Å². The quantitative estimate of drug-likeness (QED) is 0.287. The highest BCUT2D eigenvalue weighted by Crippen LogP contribution is 2.65. The number of nitrogens with zero attached hydrogens (tertiary/aromatic N) is 5. The first kappa shape index (κ1) is 18.3. The molecule has 2 aromatic carbocycles. The Balaban J connectivity index is 1.72. The molecule has 1 aliphatic carbocycles. The van der Waals surface area contributed by atoms with Gasteiger partial charge in [-0.3, -0.25) is 4.57 Å². The lowest BCUT2D eigenvalue weighted by Gasteiger charge is -2.31. The zero-order chi connectivity index (χ0) is 18.7. The van der Waals surface area contributed by atoms with E-state index in [-0.39, 0.29) is 12.1 Å². The minimum Gasteiger partial charge on any atom is -0.282 e. The van der Waals surface area contributed by atoms with E-state index in [9.17, 15) is 10.1 Å². The average Bonchev–Trinajstić information content (AvgIpc) is 2.93. The van der Waals surface area contributed by atoms with E-state index in [0.717, 1.165) is 36.8 Å². The molecule has 0 spiro atoms. The molecule has 0 unspecified atom stereocenters. The molecule has 0 radical (unpaired) electrons. The van der Waals surface area contributed by atoms with Crippen molar-refractivity contribution in [1.82, 2.24) is 9.34 Å². The van der Waals surface area contributed by atoms with Crippen LogP contribution in [0.25, 0.3) is 10.4 Å². The van der Waals surface area contributed by atoms with Gasteiger partial charge in [-0.05, 0) is 29.5 Å². The van der Waals surface area contributed by atoms with Gasteiger partial charge in [0, 0.05) is 35.0 Å². The minimum absolute atomic E-state index is 0.166. The molecule has 1 saturated carbocycles. The van der Waals surface area contributed by atoms with Crippen LogP contribution in [0.5, 0.6) is 0 Å². The van der Waals surface area contributed by atoms with E-state index in [1.54, 1.807) is 0 Å². The van der Waals surface area contributed by atoms with Crippen LogP contribution in [0.4, 0.5) is 0 Å². The van der Waals surface area contributed by atoms with Crippen molar-refractivity contribution in [2.45, 2.75) is 50.9 Å². The van der Waals surface area contributed by atoms with E-state index >= 15 is 0 Å². The van der Waals surface area contributed by atoms with E-state index in [1.807, 2.05) is 70.0 Å². The van der Waals surface area contributed by atoms with Crippen LogP contribution in [0.15, 0.2) is 65.5 Å². The van der Waals surface area contributed by atoms with Gasteiger partial charge in [0.1, 0.15) is 0 Å². The first-order chi connectivity index (χ1) is 13.2. The van der Waals surface area contributed by atoms with Crippen LogP contribution in [0.3, 0.4) is 0 Å². The monoisotopic (exact) mass is 381 g/mol. The minimum atomic E-state index is -3.35. The number of fused-ring (bicyclic) bond motifs is 1. The van der Waals surface area contributed by atoms with Gasteiger partial charge in [0.2, 0.25) is 0 Å². The predicted molar refractivity (Wildman–Crippen MR) is 107 cm³/mol. The van der Waals surface area contributed by atoms with Crippen LogP contribution in [-0.4, -0.2) is 21.4 Å². The highest BCUT2D eigenvalue weighted by Gasteiger charge is 2.54. The first-order valence-corrected chi connectivity index (χ1v) is 11.1. The van der Waals surface area contributed by atoms with Crippen LogP contribution < -0.4 is 0 Å². The van der Waals surface area contributed by atoms with Gasteiger partial charge in [0.15, 0.2) is 0 Å². The van der Waals surface area contributed by atoms with E-state index in [2.05, 4.69) is 9.80 Å². The van der Waals surface area contributed by atoms with E-state index < -0.39 is 7.59 Å². The van der Waals surface area contributed by atoms with Crippen molar-refractivity contribution < 1.29 is 4.57 Å². The van der Waals surface area contributed by atoms with Crippen LogP contribution in [0, 0.1) is 0 Å². The van der Waals surface area contributed by atoms with Crippen molar-refractivity contribution in [3.05, 3.63) is 82.2 Å². The van der Waals surface area contributed by atoms with E-state index in [0.29, 0.717) is 13.1 Å². The molecule has 6 nitrogen and oxygen atoms in total. The summed E-state index contributed by atoms with van der Waals surface area (Å²) in [6.45, 7) is 1.09. The lowest BCUT2D eigenvalue weighted by Crippen LogP contribution is -2.39. The largest absolute Gasteiger partial charge is 0.304 e. The zero-order valence-electron chi connectivity index (χ0n) is 15.3. The number of azide groups is 1. The van der Waals surface area contributed by atoms with Crippen LogP contribution in [0.1, 0.15) is 36.8 Å². The van der Waals surface area contributed by atoms with Crippen molar-refractivity contribution in [3.8, 4) is 0 Å². The Hall–Kier alpha value is -2.10. The molecule has 0 aromatic heterocycles. The van der Waals surface area contributed by atoms with Gasteiger partial charge in [-0.15, -0.1) is 0 Å². The number of hydrogen-bond donors (Lipinski definition) is 0. The Morgan fingerprint density at radius 1 is 0.889 bits per heavy atom.